The molecule has 0 radical (unpaired) electrons. The van der Waals surface area contributed by atoms with E-state index in [-0.39, 0.29) is 16.9 Å². The number of rotatable bonds is 4. The number of aromatic nitrogens is 2. The van der Waals surface area contributed by atoms with Crippen molar-refractivity contribution in [1.29, 1.82) is 0 Å². The summed E-state index contributed by atoms with van der Waals surface area (Å²) >= 11 is 0. The fraction of sp³-hybridized carbons (Fsp3) is 0.421. The molecule has 2 N–H and O–H groups in total. The summed E-state index contributed by atoms with van der Waals surface area (Å²) in [6.07, 6.45) is 3.28. The van der Waals surface area contributed by atoms with Gasteiger partial charge in [-0.1, -0.05) is 30.3 Å². The Bertz CT molecular complexity index is 793. The van der Waals surface area contributed by atoms with Gasteiger partial charge in [-0.2, -0.15) is 0 Å². The van der Waals surface area contributed by atoms with Crippen molar-refractivity contribution in [2.24, 2.45) is 0 Å². The largest absolute Gasteiger partial charge is 0.351 e. The van der Waals surface area contributed by atoms with Crippen LogP contribution < -0.4 is 10.9 Å². The van der Waals surface area contributed by atoms with Gasteiger partial charge >= 0.3 is 0 Å². The number of benzene rings is 1. The number of aryl methyl sites for hydroxylation is 1. The molecule has 0 unspecified atom stereocenters. The Morgan fingerprint density at radius 3 is 2.60 bits per heavy atom. The second kappa shape index (κ2) is 7.19. The van der Waals surface area contributed by atoms with Gasteiger partial charge in [0.05, 0.1) is 0 Å². The molecule has 132 valence electrons. The van der Waals surface area contributed by atoms with E-state index in [4.69, 9.17) is 0 Å². The molecule has 0 atom stereocenters. The first-order valence-electron chi connectivity index (χ1n) is 8.58. The van der Waals surface area contributed by atoms with Crippen molar-refractivity contribution in [3.63, 3.8) is 0 Å². The van der Waals surface area contributed by atoms with Crippen LogP contribution in [0.25, 0.3) is 0 Å². The van der Waals surface area contributed by atoms with Crippen molar-refractivity contribution >= 4 is 5.91 Å². The van der Waals surface area contributed by atoms with E-state index in [0.29, 0.717) is 12.4 Å². The third kappa shape index (κ3) is 3.79. The predicted molar refractivity (Wildman–Crippen MR) is 96.8 cm³/mol. The van der Waals surface area contributed by atoms with Gasteiger partial charge in [-0.3, -0.25) is 9.59 Å². The van der Waals surface area contributed by atoms with Gasteiger partial charge in [0.25, 0.3) is 11.5 Å². The Morgan fingerprint density at radius 1 is 1.28 bits per heavy atom. The second-order valence-electron chi connectivity index (χ2n) is 6.84. The first kappa shape index (κ1) is 17.4. The number of carbonyl (C=O) groups excluding carboxylic acids is 1. The standard InChI is InChI=1S/C19H24N4O2/c1-14-20-12-16(18(25)22-14)17(24)21-13-19(8-10-23(2)11-9-19)15-6-4-3-5-7-15/h3-7,12H,8-11,13H2,1-2H3,(H,21,24)(H,20,22,25). The highest BCUT2D eigenvalue weighted by Crippen LogP contribution is 2.34. The van der Waals surface area contributed by atoms with Crippen LogP contribution >= 0.6 is 0 Å². The molecular weight excluding hydrogens is 316 g/mol. The van der Waals surface area contributed by atoms with Crippen molar-refractivity contribution in [2.45, 2.75) is 25.2 Å². The van der Waals surface area contributed by atoms with E-state index in [1.165, 1.54) is 11.8 Å². The minimum absolute atomic E-state index is 0.0572. The minimum atomic E-state index is -0.401. The molecule has 25 heavy (non-hydrogen) atoms. The van der Waals surface area contributed by atoms with Crippen molar-refractivity contribution < 1.29 is 4.79 Å². The molecule has 1 amide bonds. The van der Waals surface area contributed by atoms with Gasteiger partial charge in [0, 0.05) is 18.2 Å². The van der Waals surface area contributed by atoms with Crippen molar-refractivity contribution in [3.8, 4) is 0 Å². The third-order valence-corrected chi connectivity index (χ3v) is 5.09. The lowest BCUT2D eigenvalue weighted by Crippen LogP contribution is -2.48. The maximum absolute atomic E-state index is 12.5. The molecule has 3 rings (SSSR count). The third-order valence-electron chi connectivity index (χ3n) is 5.09. The molecule has 6 heteroatoms. The molecule has 0 aliphatic carbocycles. The fourth-order valence-electron chi connectivity index (χ4n) is 3.40. The molecule has 0 spiro atoms. The Balaban J connectivity index is 1.79. The lowest BCUT2D eigenvalue weighted by Gasteiger charge is -2.41. The lowest BCUT2D eigenvalue weighted by atomic mass is 9.72. The highest BCUT2D eigenvalue weighted by molar-refractivity contribution is 5.93. The van der Waals surface area contributed by atoms with Crippen LogP contribution in [0.1, 0.15) is 34.6 Å². The average Bonchev–Trinajstić information content (AvgIpc) is 2.62. The van der Waals surface area contributed by atoms with Gasteiger partial charge in [0.15, 0.2) is 0 Å². The maximum atomic E-state index is 12.5. The molecular formula is C19H24N4O2. The smallest absolute Gasteiger partial charge is 0.263 e. The molecule has 1 aromatic carbocycles. The summed E-state index contributed by atoms with van der Waals surface area (Å²) in [6.45, 7) is 4.16. The van der Waals surface area contributed by atoms with Gasteiger partial charge < -0.3 is 15.2 Å². The van der Waals surface area contributed by atoms with Crippen LogP contribution in [0.15, 0.2) is 41.3 Å². The van der Waals surface area contributed by atoms with Crippen LogP contribution in [-0.4, -0.2) is 47.5 Å². The van der Waals surface area contributed by atoms with Gasteiger partial charge in [-0.15, -0.1) is 0 Å². The summed E-state index contributed by atoms with van der Waals surface area (Å²) in [6, 6.07) is 10.3. The number of nitrogens with one attached hydrogen (secondary N) is 2. The summed E-state index contributed by atoms with van der Waals surface area (Å²) in [4.78, 5) is 33.3. The molecule has 1 aliphatic heterocycles. The van der Waals surface area contributed by atoms with E-state index < -0.39 is 5.56 Å². The molecule has 0 saturated carbocycles. The molecule has 1 fully saturated rings. The molecule has 1 saturated heterocycles. The van der Waals surface area contributed by atoms with Crippen molar-refractivity contribution in [3.05, 3.63) is 63.8 Å². The van der Waals surface area contributed by atoms with Gasteiger partial charge in [0.1, 0.15) is 11.4 Å². The number of hydrogen-bond acceptors (Lipinski definition) is 4. The molecule has 1 aliphatic rings. The van der Waals surface area contributed by atoms with Gasteiger partial charge in [-0.25, -0.2) is 4.98 Å². The van der Waals surface area contributed by atoms with Crippen LogP contribution in [-0.2, 0) is 5.41 Å². The Labute approximate surface area is 147 Å². The van der Waals surface area contributed by atoms with E-state index >= 15 is 0 Å². The quantitative estimate of drug-likeness (QED) is 0.883. The van der Waals surface area contributed by atoms with Crippen molar-refractivity contribution in [1.82, 2.24) is 20.2 Å². The van der Waals surface area contributed by atoms with E-state index in [1.54, 1.807) is 6.92 Å². The first-order valence-corrected chi connectivity index (χ1v) is 8.58. The SMILES string of the molecule is Cc1ncc(C(=O)NCC2(c3ccccc3)CCN(C)CC2)c(=O)[nH]1. The van der Waals surface area contributed by atoms with E-state index in [9.17, 15) is 9.59 Å². The molecule has 1 aromatic heterocycles. The number of likely N-dealkylation sites (tertiary alicyclic amines) is 1. The van der Waals surface area contributed by atoms with Crippen LogP contribution in [0.5, 0.6) is 0 Å². The van der Waals surface area contributed by atoms with E-state index in [2.05, 4.69) is 39.4 Å². The molecule has 6 nitrogen and oxygen atoms in total. The highest BCUT2D eigenvalue weighted by atomic mass is 16.2. The molecule has 2 aromatic rings. The number of carbonyl (C=O) groups is 1. The normalized spacial score (nSPS) is 17.2. The maximum Gasteiger partial charge on any atom is 0.263 e. The van der Waals surface area contributed by atoms with Crippen LogP contribution in [0.2, 0.25) is 0 Å². The first-order chi connectivity index (χ1) is 12.0. The Kier molecular flexibility index (Phi) is 4.99. The van der Waals surface area contributed by atoms with Gasteiger partial charge in [-0.05, 0) is 45.5 Å². The number of nitrogens with zero attached hydrogens (tertiary/aromatic N) is 2. The lowest BCUT2D eigenvalue weighted by molar-refractivity contribution is 0.0926. The van der Waals surface area contributed by atoms with E-state index in [0.717, 1.165) is 25.9 Å². The van der Waals surface area contributed by atoms with Crippen molar-refractivity contribution in [2.75, 3.05) is 26.7 Å². The zero-order chi connectivity index (χ0) is 17.9. The highest BCUT2D eigenvalue weighted by Gasteiger charge is 2.35. The number of H-pyrrole nitrogens is 1. The summed E-state index contributed by atoms with van der Waals surface area (Å²) in [5, 5.41) is 2.97. The summed E-state index contributed by atoms with van der Waals surface area (Å²) in [7, 11) is 2.12. The predicted octanol–water partition coefficient (Wildman–Crippen LogP) is 1.47. The second-order valence-corrected chi connectivity index (χ2v) is 6.84. The zero-order valence-corrected chi connectivity index (χ0v) is 14.7. The fourth-order valence-corrected chi connectivity index (χ4v) is 3.40. The van der Waals surface area contributed by atoms with Gasteiger partial charge in [0.2, 0.25) is 0 Å². The average molecular weight is 340 g/mol. The number of hydrogen-bond donors (Lipinski definition) is 2. The van der Waals surface area contributed by atoms with Crippen LogP contribution in [0.3, 0.4) is 0 Å². The Hall–Kier alpha value is -2.47. The number of aromatic amines is 1. The minimum Gasteiger partial charge on any atom is -0.351 e. The number of piperidine rings is 1. The van der Waals surface area contributed by atoms with Crippen LogP contribution in [0.4, 0.5) is 0 Å². The summed E-state index contributed by atoms with van der Waals surface area (Å²) in [5.41, 5.74) is 0.789. The molecule has 0 bridgehead atoms. The summed E-state index contributed by atoms with van der Waals surface area (Å²) in [5.74, 6) is 0.126. The van der Waals surface area contributed by atoms with Crippen LogP contribution in [0, 0.1) is 6.92 Å². The molecule has 2 heterocycles. The monoisotopic (exact) mass is 340 g/mol. The van der Waals surface area contributed by atoms with E-state index in [1.807, 2.05) is 18.2 Å². The Morgan fingerprint density at radius 2 is 1.96 bits per heavy atom. The number of amides is 1. The zero-order valence-electron chi connectivity index (χ0n) is 14.7. The topological polar surface area (TPSA) is 78.1 Å². The summed E-state index contributed by atoms with van der Waals surface area (Å²) < 4.78 is 0.